The number of anilines is 2. The zero-order valence-corrected chi connectivity index (χ0v) is 12.3. The minimum atomic E-state index is -0.170. The van der Waals surface area contributed by atoms with Gasteiger partial charge in [-0.3, -0.25) is 9.78 Å². The summed E-state index contributed by atoms with van der Waals surface area (Å²) in [6.07, 6.45) is 4.98. The number of benzene rings is 1. The van der Waals surface area contributed by atoms with E-state index in [1.54, 1.807) is 24.5 Å². The molecule has 0 bridgehead atoms. The van der Waals surface area contributed by atoms with Crippen molar-refractivity contribution in [3.63, 3.8) is 0 Å². The van der Waals surface area contributed by atoms with E-state index < -0.39 is 0 Å². The molecule has 1 heterocycles. The van der Waals surface area contributed by atoms with Gasteiger partial charge in [0.2, 0.25) is 0 Å². The number of aromatic nitrogens is 1. The van der Waals surface area contributed by atoms with Crippen molar-refractivity contribution in [2.45, 2.75) is 13.8 Å². The molecule has 21 heavy (non-hydrogen) atoms. The van der Waals surface area contributed by atoms with Gasteiger partial charge >= 0.3 is 0 Å². The minimum absolute atomic E-state index is 0.170. The highest BCUT2D eigenvalue weighted by Crippen LogP contribution is 2.17. The lowest BCUT2D eigenvalue weighted by Gasteiger charge is -2.10. The minimum Gasteiger partial charge on any atom is -0.380 e. The summed E-state index contributed by atoms with van der Waals surface area (Å²) < 4.78 is 0. The Kier molecular flexibility index (Phi) is 4.72. The molecule has 0 saturated heterocycles. The second kappa shape index (κ2) is 6.70. The van der Waals surface area contributed by atoms with E-state index in [9.17, 15) is 4.79 Å². The molecule has 2 aromatic rings. The van der Waals surface area contributed by atoms with E-state index in [2.05, 4.69) is 22.2 Å². The van der Waals surface area contributed by atoms with Gasteiger partial charge in [0.15, 0.2) is 0 Å². The number of aryl methyl sites for hydroxylation is 2. The molecule has 4 nitrogen and oxygen atoms in total. The van der Waals surface area contributed by atoms with Crippen LogP contribution in [-0.2, 0) is 0 Å². The molecule has 2 N–H and O–H groups in total. The van der Waals surface area contributed by atoms with Crippen LogP contribution in [-0.4, -0.2) is 17.4 Å². The molecule has 0 unspecified atom stereocenters. The molecule has 0 radical (unpaired) electrons. The Morgan fingerprint density at radius 1 is 1.29 bits per heavy atom. The SMILES string of the molecule is C=CCNc1cncc(C(=O)Nc2ccc(C)cc2C)c1. The van der Waals surface area contributed by atoms with E-state index >= 15 is 0 Å². The molecule has 1 aromatic carbocycles. The number of carbonyl (C=O) groups is 1. The molecule has 2 rings (SSSR count). The number of carbonyl (C=O) groups excluding carboxylic acids is 1. The maximum atomic E-state index is 12.3. The molecule has 4 heteroatoms. The summed E-state index contributed by atoms with van der Waals surface area (Å²) in [5, 5.41) is 6.02. The quantitative estimate of drug-likeness (QED) is 0.824. The lowest BCUT2D eigenvalue weighted by molar-refractivity contribution is 0.102. The van der Waals surface area contributed by atoms with Crippen molar-refractivity contribution in [2.75, 3.05) is 17.2 Å². The molecule has 0 aliphatic carbocycles. The molecule has 0 fully saturated rings. The van der Waals surface area contributed by atoms with Gasteiger partial charge in [0.1, 0.15) is 0 Å². The highest BCUT2D eigenvalue weighted by Gasteiger charge is 2.09. The number of hydrogen-bond donors (Lipinski definition) is 2. The predicted octanol–water partition coefficient (Wildman–Crippen LogP) is 3.55. The van der Waals surface area contributed by atoms with E-state index in [1.807, 2.05) is 32.0 Å². The Balaban J connectivity index is 2.14. The van der Waals surface area contributed by atoms with Gasteiger partial charge < -0.3 is 10.6 Å². The second-order valence-corrected chi connectivity index (χ2v) is 4.90. The zero-order valence-electron chi connectivity index (χ0n) is 12.3. The maximum Gasteiger partial charge on any atom is 0.257 e. The van der Waals surface area contributed by atoms with Crippen LogP contribution in [0.4, 0.5) is 11.4 Å². The average molecular weight is 281 g/mol. The summed E-state index contributed by atoms with van der Waals surface area (Å²) in [4.78, 5) is 16.4. The van der Waals surface area contributed by atoms with Crippen LogP contribution >= 0.6 is 0 Å². The number of pyridine rings is 1. The summed E-state index contributed by atoms with van der Waals surface area (Å²) >= 11 is 0. The van der Waals surface area contributed by atoms with E-state index in [-0.39, 0.29) is 5.91 Å². The summed E-state index contributed by atoms with van der Waals surface area (Å²) in [6.45, 7) is 8.27. The number of nitrogens with zero attached hydrogens (tertiary/aromatic N) is 1. The first-order chi connectivity index (χ1) is 10.1. The summed E-state index contributed by atoms with van der Waals surface area (Å²) in [5.74, 6) is -0.170. The van der Waals surface area contributed by atoms with E-state index in [4.69, 9.17) is 0 Å². The first-order valence-corrected chi connectivity index (χ1v) is 6.78. The largest absolute Gasteiger partial charge is 0.380 e. The van der Waals surface area contributed by atoms with E-state index in [1.165, 1.54) is 5.56 Å². The van der Waals surface area contributed by atoms with Crippen molar-refractivity contribution in [3.8, 4) is 0 Å². The Bertz CT molecular complexity index is 665. The third-order valence-electron chi connectivity index (χ3n) is 3.08. The lowest BCUT2D eigenvalue weighted by Crippen LogP contribution is -2.13. The normalized spacial score (nSPS) is 10.0. The maximum absolute atomic E-state index is 12.3. The molecule has 1 amide bonds. The van der Waals surface area contributed by atoms with Crippen LogP contribution in [0.2, 0.25) is 0 Å². The molecule has 0 aliphatic heterocycles. The van der Waals surface area contributed by atoms with Gasteiger partial charge in [-0.25, -0.2) is 0 Å². The molecular weight excluding hydrogens is 262 g/mol. The molecule has 0 aliphatic rings. The fourth-order valence-electron chi connectivity index (χ4n) is 2.00. The summed E-state index contributed by atoms with van der Waals surface area (Å²) in [5.41, 5.74) is 4.34. The van der Waals surface area contributed by atoms with Crippen LogP contribution < -0.4 is 10.6 Å². The first kappa shape index (κ1) is 14.8. The number of rotatable bonds is 5. The summed E-state index contributed by atoms with van der Waals surface area (Å²) in [7, 11) is 0. The fourth-order valence-corrected chi connectivity index (χ4v) is 2.00. The van der Waals surface area contributed by atoms with Crippen LogP contribution in [0.15, 0.2) is 49.3 Å². The van der Waals surface area contributed by atoms with Crippen LogP contribution in [0.25, 0.3) is 0 Å². The second-order valence-electron chi connectivity index (χ2n) is 4.90. The monoisotopic (exact) mass is 281 g/mol. The molecule has 0 spiro atoms. The van der Waals surface area contributed by atoms with Crippen molar-refractivity contribution in [1.82, 2.24) is 4.98 Å². The topological polar surface area (TPSA) is 54.0 Å². The third kappa shape index (κ3) is 3.92. The number of amides is 1. The highest BCUT2D eigenvalue weighted by atomic mass is 16.1. The zero-order chi connectivity index (χ0) is 15.2. The average Bonchev–Trinajstić information content (AvgIpc) is 2.48. The Hall–Kier alpha value is -2.62. The first-order valence-electron chi connectivity index (χ1n) is 6.78. The van der Waals surface area contributed by atoms with Crippen molar-refractivity contribution >= 4 is 17.3 Å². The van der Waals surface area contributed by atoms with Gasteiger partial charge in [-0.2, -0.15) is 0 Å². The van der Waals surface area contributed by atoms with Crippen LogP contribution in [0.3, 0.4) is 0 Å². The Morgan fingerprint density at radius 2 is 2.10 bits per heavy atom. The van der Waals surface area contributed by atoms with Crippen molar-refractivity contribution in [1.29, 1.82) is 0 Å². The fraction of sp³-hybridized carbons (Fsp3) is 0.176. The van der Waals surface area contributed by atoms with Gasteiger partial charge in [-0.05, 0) is 31.5 Å². The standard InChI is InChI=1S/C17H19N3O/c1-4-7-19-15-9-14(10-18-11-15)17(21)20-16-6-5-12(2)8-13(16)3/h4-6,8-11,19H,1,7H2,2-3H3,(H,20,21). The molecule has 108 valence electrons. The van der Waals surface area contributed by atoms with Gasteiger partial charge in [-0.1, -0.05) is 23.8 Å². The molecular formula is C17H19N3O. The predicted molar refractivity (Wildman–Crippen MR) is 86.8 cm³/mol. The molecule has 1 aromatic heterocycles. The van der Waals surface area contributed by atoms with Gasteiger partial charge in [0, 0.05) is 24.6 Å². The van der Waals surface area contributed by atoms with Crippen LogP contribution in [0.5, 0.6) is 0 Å². The lowest BCUT2D eigenvalue weighted by atomic mass is 10.1. The molecule has 0 saturated carbocycles. The Labute approximate surface area is 124 Å². The van der Waals surface area contributed by atoms with Crippen LogP contribution in [0.1, 0.15) is 21.5 Å². The van der Waals surface area contributed by atoms with Crippen molar-refractivity contribution in [3.05, 3.63) is 66.0 Å². The molecule has 0 atom stereocenters. The smallest absolute Gasteiger partial charge is 0.257 e. The van der Waals surface area contributed by atoms with Gasteiger partial charge in [0.05, 0.1) is 11.3 Å². The van der Waals surface area contributed by atoms with E-state index in [0.29, 0.717) is 12.1 Å². The number of hydrogen-bond acceptors (Lipinski definition) is 3. The van der Waals surface area contributed by atoms with Crippen LogP contribution in [0, 0.1) is 13.8 Å². The summed E-state index contributed by atoms with van der Waals surface area (Å²) in [6, 6.07) is 7.70. The van der Waals surface area contributed by atoms with Gasteiger partial charge in [-0.15, -0.1) is 6.58 Å². The van der Waals surface area contributed by atoms with Crippen molar-refractivity contribution in [2.24, 2.45) is 0 Å². The third-order valence-corrected chi connectivity index (χ3v) is 3.08. The highest BCUT2D eigenvalue weighted by molar-refractivity contribution is 6.04. The van der Waals surface area contributed by atoms with E-state index in [0.717, 1.165) is 16.9 Å². The van der Waals surface area contributed by atoms with Crippen molar-refractivity contribution < 1.29 is 4.79 Å². The Morgan fingerprint density at radius 3 is 2.81 bits per heavy atom. The van der Waals surface area contributed by atoms with Gasteiger partial charge in [0.25, 0.3) is 5.91 Å². The number of nitrogens with one attached hydrogen (secondary N) is 2.